The monoisotopic (exact) mass is 336 g/mol. The highest BCUT2D eigenvalue weighted by Crippen LogP contribution is 2.28. The van der Waals surface area contributed by atoms with Crippen molar-refractivity contribution in [3.05, 3.63) is 12.7 Å². The Morgan fingerprint density at radius 1 is 1.17 bits per heavy atom. The molecule has 1 fully saturated rings. The molecule has 1 saturated carbocycles. The smallest absolute Gasteiger partial charge is 0.315 e. The maximum atomic E-state index is 12.9. The first-order chi connectivity index (χ1) is 11.4. The lowest BCUT2D eigenvalue weighted by atomic mass is 9.80. The summed E-state index contributed by atoms with van der Waals surface area (Å²) < 4.78 is 1.68. The summed E-state index contributed by atoms with van der Waals surface area (Å²) in [5.74, 6) is -0.117. The first kappa shape index (κ1) is 18.2. The highest BCUT2D eigenvalue weighted by Gasteiger charge is 2.41. The van der Waals surface area contributed by atoms with Gasteiger partial charge in [-0.3, -0.25) is 9.48 Å². The Bertz CT molecular complexity index is 537. The van der Waals surface area contributed by atoms with Crippen molar-refractivity contribution in [3.8, 4) is 0 Å². The van der Waals surface area contributed by atoms with Gasteiger partial charge < -0.3 is 16.0 Å². The molecule has 1 aromatic rings. The van der Waals surface area contributed by atoms with Crippen LogP contribution < -0.4 is 16.0 Å². The largest absolute Gasteiger partial charge is 0.350 e. The molecule has 1 aromatic heterocycles. The lowest BCUT2D eigenvalue weighted by molar-refractivity contribution is -0.129. The number of nitrogens with zero attached hydrogens (tertiary/aromatic N) is 3. The number of hydrogen-bond acceptors (Lipinski definition) is 4. The van der Waals surface area contributed by atoms with E-state index in [9.17, 15) is 9.59 Å². The van der Waals surface area contributed by atoms with Crippen LogP contribution in [-0.2, 0) is 11.3 Å². The van der Waals surface area contributed by atoms with Gasteiger partial charge in [-0.1, -0.05) is 19.3 Å². The van der Waals surface area contributed by atoms with E-state index >= 15 is 0 Å². The normalized spacial score (nSPS) is 18.0. The summed E-state index contributed by atoms with van der Waals surface area (Å²) in [5.41, 5.74) is -0.826. The van der Waals surface area contributed by atoms with Gasteiger partial charge in [-0.25, -0.2) is 9.78 Å². The van der Waals surface area contributed by atoms with E-state index in [1.165, 1.54) is 6.33 Å². The minimum atomic E-state index is -0.826. The van der Waals surface area contributed by atoms with Gasteiger partial charge in [0.15, 0.2) is 0 Å². The molecule has 8 nitrogen and oxygen atoms in total. The standard InChI is InChI=1S/C16H28N6O2/c1-12(2)19-15(24)21-16(7-5-4-6-8-16)14(23)20-13(3)9-22-11-17-10-18-22/h10-13H,4-9H2,1-3H3,(H,20,23)(H2,19,21,24). The van der Waals surface area contributed by atoms with Gasteiger partial charge in [0.05, 0.1) is 6.54 Å². The van der Waals surface area contributed by atoms with Gasteiger partial charge in [-0.05, 0) is 33.6 Å². The lowest BCUT2D eigenvalue weighted by Gasteiger charge is -2.37. The van der Waals surface area contributed by atoms with Gasteiger partial charge in [0.2, 0.25) is 5.91 Å². The molecule has 8 heteroatoms. The molecule has 0 aliphatic heterocycles. The van der Waals surface area contributed by atoms with E-state index < -0.39 is 5.54 Å². The van der Waals surface area contributed by atoms with Crippen molar-refractivity contribution in [3.63, 3.8) is 0 Å². The third-order valence-electron chi connectivity index (χ3n) is 4.22. The lowest BCUT2D eigenvalue weighted by Crippen LogP contribution is -2.63. The zero-order valence-corrected chi connectivity index (χ0v) is 14.7. The van der Waals surface area contributed by atoms with Crippen LogP contribution in [0.5, 0.6) is 0 Å². The Hall–Kier alpha value is -2.12. The highest BCUT2D eigenvalue weighted by atomic mass is 16.2. The minimum Gasteiger partial charge on any atom is -0.350 e. The molecule has 1 aliphatic rings. The van der Waals surface area contributed by atoms with Crippen molar-refractivity contribution in [1.82, 2.24) is 30.7 Å². The number of nitrogens with one attached hydrogen (secondary N) is 3. The zero-order chi connectivity index (χ0) is 17.6. The van der Waals surface area contributed by atoms with Crippen molar-refractivity contribution in [2.24, 2.45) is 0 Å². The molecule has 0 bridgehead atoms. The van der Waals surface area contributed by atoms with Gasteiger partial charge in [0, 0.05) is 12.1 Å². The maximum absolute atomic E-state index is 12.9. The topological polar surface area (TPSA) is 101 Å². The highest BCUT2D eigenvalue weighted by molar-refractivity contribution is 5.91. The summed E-state index contributed by atoms with van der Waals surface area (Å²) in [4.78, 5) is 28.9. The fraction of sp³-hybridized carbons (Fsp3) is 0.750. The van der Waals surface area contributed by atoms with E-state index in [1.54, 1.807) is 11.0 Å². The predicted octanol–water partition coefficient (Wildman–Crippen LogP) is 1.19. The Kier molecular flexibility index (Phi) is 6.16. The second kappa shape index (κ2) is 8.12. The zero-order valence-electron chi connectivity index (χ0n) is 14.7. The molecule has 3 N–H and O–H groups in total. The van der Waals surface area contributed by atoms with Crippen molar-refractivity contribution in [1.29, 1.82) is 0 Å². The molecule has 1 atom stereocenters. The molecule has 0 radical (unpaired) electrons. The molecule has 3 amide bonds. The molecule has 1 heterocycles. The van der Waals surface area contributed by atoms with Crippen LogP contribution in [0.1, 0.15) is 52.9 Å². The molecular weight excluding hydrogens is 308 g/mol. The van der Waals surface area contributed by atoms with E-state index in [0.29, 0.717) is 19.4 Å². The predicted molar refractivity (Wildman–Crippen MR) is 90.2 cm³/mol. The van der Waals surface area contributed by atoms with Crippen LogP contribution in [0.15, 0.2) is 12.7 Å². The van der Waals surface area contributed by atoms with Crippen molar-refractivity contribution in [2.75, 3.05) is 0 Å². The molecule has 1 unspecified atom stereocenters. The average Bonchev–Trinajstić information content (AvgIpc) is 2.99. The Morgan fingerprint density at radius 2 is 1.88 bits per heavy atom. The Morgan fingerprint density at radius 3 is 2.46 bits per heavy atom. The fourth-order valence-corrected chi connectivity index (χ4v) is 3.09. The molecule has 1 aliphatic carbocycles. The molecule has 0 spiro atoms. The Labute approximate surface area is 142 Å². The van der Waals surface area contributed by atoms with Crippen LogP contribution in [0.3, 0.4) is 0 Å². The van der Waals surface area contributed by atoms with E-state index in [4.69, 9.17) is 0 Å². The fourth-order valence-electron chi connectivity index (χ4n) is 3.09. The third-order valence-corrected chi connectivity index (χ3v) is 4.22. The molecular formula is C16H28N6O2. The molecule has 24 heavy (non-hydrogen) atoms. The summed E-state index contributed by atoms with van der Waals surface area (Å²) in [6, 6.07) is -0.362. The van der Waals surface area contributed by atoms with Crippen LogP contribution in [-0.4, -0.2) is 44.3 Å². The SMILES string of the molecule is CC(C)NC(=O)NC1(C(=O)NC(C)Cn2cncn2)CCCCC1. The van der Waals surface area contributed by atoms with E-state index in [2.05, 4.69) is 26.0 Å². The second-order valence-electron chi connectivity index (χ2n) is 6.89. The van der Waals surface area contributed by atoms with Gasteiger partial charge in [0.1, 0.15) is 18.2 Å². The van der Waals surface area contributed by atoms with E-state index in [1.807, 2.05) is 20.8 Å². The first-order valence-corrected chi connectivity index (χ1v) is 8.63. The van der Waals surface area contributed by atoms with Gasteiger partial charge in [-0.15, -0.1) is 0 Å². The quantitative estimate of drug-likeness (QED) is 0.726. The van der Waals surface area contributed by atoms with Gasteiger partial charge in [-0.2, -0.15) is 5.10 Å². The number of urea groups is 1. The van der Waals surface area contributed by atoms with Crippen LogP contribution >= 0.6 is 0 Å². The Balaban J connectivity index is 2.00. The van der Waals surface area contributed by atoms with E-state index in [0.717, 1.165) is 19.3 Å². The number of amides is 3. The van der Waals surface area contributed by atoms with E-state index in [-0.39, 0.29) is 24.0 Å². The van der Waals surface area contributed by atoms with Crippen LogP contribution in [0.4, 0.5) is 4.79 Å². The average molecular weight is 336 g/mol. The second-order valence-corrected chi connectivity index (χ2v) is 6.89. The van der Waals surface area contributed by atoms with Crippen LogP contribution in [0.25, 0.3) is 0 Å². The van der Waals surface area contributed by atoms with Gasteiger partial charge >= 0.3 is 6.03 Å². The summed E-state index contributed by atoms with van der Waals surface area (Å²) in [6.07, 6.45) is 7.39. The third kappa shape index (κ3) is 4.94. The summed E-state index contributed by atoms with van der Waals surface area (Å²) in [6.45, 7) is 6.26. The number of aromatic nitrogens is 3. The van der Waals surface area contributed by atoms with Crippen LogP contribution in [0, 0.1) is 0 Å². The minimum absolute atomic E-state index is 0.0277. The number of carbonyl (C=O) groups excluding carboxylic acids is 2. The summed E-state index contributed by atoms with van der Waals surface area (Å²) >= 11 is 0. The summed E-state index contributed by atoms with van der Waals surface area (Å²) in [5, 5.41) is 12.8. The van der Waals surface area contributed by atoms with Crippen molar-refractivity contribution in [2.45, 2.75) is 77.0 Å². The van der Waals surface area contributed by atoms with Crippen LogP contribution in [0.2, 0.25) is 0 Å². The number of carbonyl (C=O) groups is 2. The number of rotatable bonds is 6. The first-order valence-electron chi connectivity index (χ1n) is 8.63. The molecule has 2 rings (SSSR count). The van der Waals surface area contributed by atoms with Crippen molar-refractivity contribution >= 4 is 11.9 Å². The molecule has 0 aromatic carbocycles. The number of hydrogen-bond donors (Lipinski definition) is 3. The molecule has 0 saturated heterocycles. The maximum Gasteiger partial charge on any atom is 0.315 e. The summed E-state index contributed by atoms with van der Waals surface area (Å²) in [7, 11) is 0. The van der Waals surface area contributed by atoms with Crippen molar-refractivity contribution < 1.29 is 9.59 Å². The van der Waals surface area contributed by atoms with Gasteiger partial charge in [0.25, 0.3) is 0 Å². The molecule has 134 valence electrons.